The third-order valence-corrected chi connectivity index (χ3v) is 4.35. The first-order valence-corrected chi connectivity index (χ1v) is 6.72. The molecule has 2 aliphatic rings. The van der Waals surface area contributed by atoms with Gasteiger partial charge in [-0.3, -0.25) is 0 Å². The largest absolute Gasteiger partial charge is 0.347 e. The molecule has 1 aromatic rings. The molecule has 96 valence electrons. The van der Waals surface area contributed by atoms with Gasteiger partial charge in [-0.05, 0) is 38.9 Å². The molecule has 0 amide bonds. The molecule has 18 heavy (non-hydrogen) atoms. The highest BCUT2D eigenvalue weighted by Crippen LogP contribution is 2.32. The van der Waals surface area contributed by atoms with Crippen molar-refractivity contribution in [2.75, 3.05) is 31.6 Å². The van der Waals surface area contributed by atoms with E-state index >= 15 is 0 Å². The maximum absolute atomic E-state index is 4.64. The molecule has 1 atom stereocenters. The van der Waals surface area contributed by atoms with Crippen molar-refractivity contribution < 1.29 is 0 Å². The minimum atomic E-state index is 0.500. The Bertz CT molecular complexity index is 492. The van der Waals surface area contributed by atoms with Crippen molar-refractivity contribution in [2.45, 2.75) is 26.3 Å². The summed E-state index contributed by atoms with van der Waals surface area (Å²) < 4.78 is 0. The normalized spacial score (nSPS) is 24.6. The second-order valence-electron chi connectivity index (χ2n) is 5.60. The molecule has 0 aromatic carbocycles. The minimum Gasteiger partial charge on any atom is -0.347 e. The van der Waals surface area contributed by atoms with Gasteiger partial charge in [-0.1, -0.05) is 17.2 Å². The zero-order chi connectivity index (χ0) is 12.7. The lowest BCUT2D eigenvalue weighted by molar-refractivity contribution is 0.281. The highest BCUT2D eigenvalue weighted by atomic mass is 15.3. The Hall–Kier alpha value is -1.35. The van der Waals surface area contributed by atoms with Crippen LogP contribution in [0.4, 0.5) is 5.82 Å². The van der Waals surface area contributed by atoms with Gasteiger partial charge in [0.15, 0.2) is 0 Å². The van der Waals surface area contributed by atoms with Crippen molar-refractivity contribution in [3.05, 3.63) is 35.0 Å². The Morgan fingerprint density at radius 2 is 2.11 bits per heavy atom. The van der Waals surface area contributed by atoms with Crippen LogP contribution in [0.5, 0.6) is 0 Å². The van der Waals surface area contributed by atoms with Crippen molar-refractivity contribution in [3.63, 3.8) is 0 Å². The van der Waals surface area contributed by atoms with E-state index in [1.165, 1.54) is 22.5 Å². The van der Waals surface area contributed by atoms with E-state index in [-0.39, 0.29) is 0 Å². The molecule has 0 saturated carbocycles. The van der Waals surface area contributed by atoms with Gasteiger partial charge >= 0.3 is 0 Å². The minimum absolute atomic E-state index is 0.500. The van der Waals surface area contributed by atoms with Crippen LogP contribution in [0.2, 0.25) is 0 Å². The molecule has 0 bridgehead atoms. The van der Waals surface area contributed by atoms with E-state index in [9.17, 15) is 0 Å². The average Bonchev–Trinajstić information content (AvgIpc) is 2.47. The molecule has 0 radical (unpaired) electrons. The van der Waals surface area contributed by atoms with Crippen molar-refractivity contribution in [1.82, 2.24) is 9.88 Å². The quantitative estimate of drug-likeness (QED) is 0.650. The molecule has 1 fully saturated rings. The predicted molar refractivity (Wildman–Crippen MR) is 74.9 cm³/mol. The number of anilines is 1. The van der Waals surface area contributed by atoms with Crippen molar-refractivity contribution in [1.29, 1.82) is 0 Å². The summed E-state index contributed by atoms with van der Waals surface area (Å²) in [6.07, 6.45) is 2.97. The second kappa shape index (κ2) is 4.39. The summed E-state index contributed by atoms with van der Waals surface area (Å²) in [5.74, 6) is 1.20. The van der Waals surface area contributed by atoms with Crippen LogP contribution in [-0.4, -0.2) is 42.6 Å². The molecule has 0 spiro atoms. The van der Waals surface area contributed by atoms with E-state index in [1.807, 2.05) is 6.20 Å². The van der Waals surface area contributed by atoms with Crippen molar-refractivity contribution in [3.8, 4) is 0 Å². The van der Waals surface area contributed by atoms with Crippen LogP contribution in [-0.2, 0) is 6.42 Å². The zero-order valence-corrected chi connectivity index (χ0v) is 11.5. The van der Waals surface area contributed by atoms with Gasteiger partial charge < -0.3 is 9.80 Å². The van der Waals surface area contributed by atoms with Crippen LogP contribution in [0.3, 0.4) is 0 Å². The lowest BCUT2D eigenvalue weighted by Crippen LogP contribution is -2.52. The zero-order valence-electron chi connectivity index (χ0n) is 11.5. The Morgan fingerprint density at radius 3 is 2.94 bits per heavy atom. The molecule has 0 aliphatic carbocycles. The molecule has 3 heteroatoms. The van der Waals surface area contributed by atoms with Gasteiger partial charge in [-0.15, -0.1) is 0 Å². The van der Waals surface area contributed by atoms with Crippen LogP contribution in [0.15, 0.2) is 29.5 Å². The lowest BCUT2D eigenvalue weighted by atomic mass is 9.99. The van der Waals surface area contributed by atoms with E-state index in [0.29, 0.717) is 6.04 Å². The maximum atomic E-state index is 4.64. The van der Waals surface area contributed by atoms with Crippen LogP contribution in [0.25, 0.3) is 0 Å². The van der Waals surface area contributed by atoms with Gasteiger partial charge in [0, 0.05) is 25.8 Å². The van der Waals surface area contributed by atoms with Crippen LogP contribution in [0.1, 0.15) is 19.4 Å². The highest BCUT2D eigenvalue weighted by molar-refractivity contribution is 5.54. The van der Waals surface area contributed by atoms with E-state index < -0.39 is 0 Å². The first-order valence-electron chi connectivity index (χ1n) is 6.72. The number of rotatable bonds is 0. The standard InChI is InChI=1S/C15H21N3/c1-11-9-13-5-4-6-16-15(13)18-8-7-17(3)10-14(18)12(11)2/h4-6,14H,7-10H2,1-3H3. The number of hydrogen-bond acceptors (Lipinski definition) is 3. The smallest absolute Gasteiger partial charge is 0.132 e. The summed E-state index contributed by atoms with van der Waals surface area (Å²) in [6, 6.07) is 4.78. The summed E-state index contributed by atoms with van der Waals surface area (Å²) in [6.45, 7) is 7.87. The molecule has 3 heterocycles. The number of hydrogen-bond donors (Lipinski definition) is 0. The summed E-state index contributed by atoms with van der Waals surface area (Å²) >= 11 is 0. The van der Waals surface area contributed by atoms with E-state index in [2.05, 4.69) is 47.8 Å². The van der Waals surface area contributed by atoms with Gasteiger partial charge in [-0.2, -0.15) is 0 Å². The fraction of sp³-hybridized carbons (Fsp3) is 0.533. The number of piperazine rings is 1. The highest BCUT2D eigenvalue weighted by Gasteiger charge is 2.31. The van der Waals surface area contributed by atoms with Gasteiger partial charge in [0.25, 0.3) is 0 Å². The summed E-state index contributed by atoms with van der Waals surface area (Å²) in [5.41, 5.74) is 4.41. The van der Waals surface area contributed by atoms with Crippen molar-refractivity contribution >= 4 is 5.82 Å². The van der Waals surface area contributed by atoms with E-state index in [4.69, 9.17) is 0 Å². The summed E-state index contributed by atoms with van der Waals surface area (Å²) in [4.78, 5) is 9.56. The maximum Gasteiger partial charge on any atom is 0.132 e. The van der Waals surface area contributed by atoms with Crippen LogP contribution in [0, 0.1) is 0 Å². The SMILES string of the molecule is CC1=C(C)C2CN(C)CCN2c2ncccc2C1. The molecule has 1 saturated heterocycles. The van der Waals surface area contributed by atoms with Gasteiger partial charge in [-0.25, -0.2) is 4.98 Å². The number of allylic oxidation sites excluding steroid dienone is 1. The van der Waals surface area contributed by atoms with Gasteiger partial charge in [0.1, 0.15) is 5.82 Å². The first-order chi connectivity index (χ1) is 8.66. The number of nitrogens with zero attached hydrogens (tertiary/aromatic N) is 3. The molecule has 0 N–H and O–H groups in total. The fourth-order valence-electron chi connectivity index (χ4n) is 3.08. The monoisotopic (exact) mass is 243 g/mol. The summed E-state index contributed by atoms with van der Waals surface area (Å²) in [7, 11) is 2.21. The van der Waals surface area contributed by atoms with E-state index in [1.54, 1.807) is 0 Å². The number of likely N-dealkylation sites (N-methyl/N-ethyl adjacent to an activating group) is 1. The summed E-state index contributed by atoms with van der Waals surface area (Å²) in [5, 5.41) is 0. The van der Waals surface area contributed by atoms with Gasteiger partial charge in [0.05, 0.1) is 6.04 Å². The van der Waals surface area contributed by atoms with Crippen molar-refractivity contribution in [2.24, 2.45) is 0 Å². The van der Waals surface area contributed by atoms with Crippen LogP contribution >= 0.6 is 0 Å². The van der Waals surface area contributed by atoms with Crippen LogP contribution < -0.4 is 4.90 Å². The topological polar surface area (TPSA) is 19.4 Å². The first kappa shape index (κ1) is 11.7. The molecular formula is C15H21N3. The fourth-order valence-corrected chi connectivity index (χ4v) is 3.08. The molecule has 1 aromatic heterocycles. The Morgan fingerprint density at radius 1 is 1.28 bits per heavy atom. The van der Waals surface area contributed by atoms with E-state index in [0.717, 1.165) is 26.1 Å². The Labute approximate surface area is 109 Å². The number of fused-ring (bicyclic) bond motifs is 3. The number of pyridine rings is 1. The molecular weight excluding hydrogens is 222 g/mol. The predicted octanol–water partition coefficient (Wildman–Crippen LogP) is 2.09. The average molecular weight is 243 g/mol. The Kier molecular flexibility index (Phi) is 2.86. The molecule has 2 aliphatic heterocycles. The Balaban J connectivity index is 2.09. The second-order valence-corrected chi connectivity index (χ2v) is 5.60. The molecule has 3 rings (SSSR count). The number of aromatic nitrogens is 1. The lowest BCUT2D eigenvalue weighted by Gasteiger charge is -2.41. The molecule has 1 unspecified atom stereocenters. The third-order valence-electron chi connectivity index (χ3n) is 4.35. The molecule has 3 nitrogen and oxygen atoms in total. The third kappa shape index (κ3) is 1.83. The van der Waals surface area contributed by atoms with Gasteiger partial charge in [0.2, 0.25) is 0 Å².